The Kier molecular flexibility index (Phi) is 5.31. The number of rotatable bonds is 6. The number of hydrogen-bond donors (Lipinski definition) is 0. The molecular formula is C13H18. The van der Waals surface area contributed by atoms with Gasteiger partial charge in [-0.25, -0.2) is 0 Å². The van der Waals surface area contributed by atoms with E-state index in [0.717, 1.165) is 12.8 Å². The van der Waals surface area contributed by atoms with E-state index in [2.05, 4.69) is 43.7 Å². The Morgan fingerprint density at radius 2 is 1.85 bits per heavy atom. The van der Waals surface area contributed by atoms with Crippen LogP contribution in [0.15, 0.2) is 30.3 Å². The Balaban J connectivity index is 2.07. The normalized spacial score (nSPS) is 10.2. The summed E-state index contributed by atoms with van der Waals surface area (Å²) in [6, 6.07) is 10.5. The summed E-state index contributed by atoms with van der Waals surface area (Å²) in [7, 11) is 0. The van der Waals surface area contributed by atoms with Crippen LogP contribution < -0.4 is 0 Å². The van der Waals surface area contributed by atoms with Crippen molar-refractivity contribution in [3.05, 3.63) is 42.3 Å². The van der Waals surface area contributed by atoms with Crippen molar-refractivity contribution in [2.75, 3.05) is 0 Å². The fraction of sp³-hybridized carbons (Fsp3) is 0.462. The van der Waals surface area contributed by atoms with Gasteiger partial charge in [0.25, 0.3) is 0 Å². The SMILES string of the molecule is CCCCC[C]Cc1ccccc1. The van der Waals surface area contributed by atoms with Gasteiger partial charge in [-0.15, -0.1) is 0 Å². The zero-order valence-electron chi connectivity index (χ0n) is 8.42. The third-order valence-electron chi connectivity index (χ3n) is 2.13. The fourth-order valence-electron chi connectivity index (χ4n) is 1.33. The molecule has 0 spiro atoms. The first-order valence-electron chi connectivity index (χ1n) is 5.18. The molecule has 0 nitrogen and oxygen atoms in total. The van der Waals surface area contributed by atoms with Gasteiger partial charge in [-0.3, -0.25) is 0 Å². The van der Waals surface area contributed by atoms with E-state index in [9.17, 15) is 0 Å². The molecule has 1 rings (SSSR count). The van der Waals surface area contributed by atoms with Gasteiger partial charge in [-0.2, -0.15) is 0 Å². The molecule has 0 aromatic heterocycles. The van der Waals surface area contributed by atoms with Gasteiger partial charge in [0.15, 0.2) is 0 Å². The van der Waals surface area contributed by atoms with Crippen LogP contribution in [0.5, 0.6) is 0 Å². The molecule has 0 aliphatic rings. The smallest absolute Gasteiger partial charge is 0.0126 e. The molecule has 0 heterocycles. The molecule has 1 aromatic rings. The number of hydrogen-bond acceptors (Lipinski definition) is 0. The second kappa shape index (κ2) is 6.71. The largest absolute Gasteiger partial charge is 0.0654 e. The molecule has 0 aliphatic heterocycles. The summed E-state index contributed by atoms with van der Waals surface area (Å²) in [5.41, 5.74) is 1.37. The molecule has 2 radical (unpaired) electrons. The van der Waals surface area contributed by atoms with Crippen LogP contribution in [0.3, 0.4) is 0 Å². The molecule has 1 aromatic carbocycles. The molecule has 0 aliphatic carbocycles. The molecular weight excluding hydrogens is 156 g/mol. The second-order valence-electron chi connectivity index (χ2n) is 3.37. The molecule has 0 saturated carbocycles. The van der Waals surface area contributed by atoms with Gasteiger partial charge in [0.05, 0.1) is 0 Å². The predicted molar refractivity (Wildman–Crippen MR) is 57.5 cm³/mol. The highest BCUT2D eigenvalue weighted by Crippen LogP contribution is 2.07. The van der Waals surface area contributed by atoms with Crippen molar-refractivity contribution in [2.45, 2.75) is 39.0 Å². The third kappa shape index (κ3) is 4.72. The van der Waals surface area contributed by atoms with Crippen LogP contribution in [0.2, 0.25) is 0 Å². The fourth-order valence-corrected chi connectivity index (χ4v) is 1.33. The van der Waals surface area contributed by atoms with Crippen LogP contribution >= 0.6 is 0 Å². The average Bonchev–Trinajstić information content (AvgIpc) is 2.19. The molecule has 0 heteroatoms. The van der Waals surface area contributed by atoms with Gasteiger partial charge >= 0.3 is 0 Å². The number of benzene rings is 1. The predicted octanol–water partition coefficient (Wildman–Crippen LogP) is 3.89. The first-order chi connectivity index (χ1) is 6.43. The Bertz CT molecular complexity index is 201. The summed E-state index contributed by atoms with van der Waals surface area (Å²) >= 11 is 0. The topological polar surface area (TPSA) is 0 Å². The first-order valence-corrected chi connectivity index (χ1v) is 5.18. The van der Waals surface area contributed by atoms with Crippen LogP contribution in [-0.2, 0) is 6.42 Å². The van der Waals surface area contributed by atoms with E-state index in [0.29, 0.717) is 0 Å². The van der Waals surface area contributed by atoms with E-state index >= 15 is 0 Å². The highest BCUT2D eigenvalue weighted by Gasteiger charge is 1.92. The molecule has 70 valence electrons. The summed E-state index contributed by atoms with van der Waals surface area (Å²) in [5, 5.41) is 0. The molecule has 0 fully saturated rings. The quantitative estimate of drug-likeness (QED) is 0.574. The van der Waals surface area contributed by atoms with Crippen LogP contribution in [0.25, 0.3) is 0 Å². The minimum absolute atomic E-state index is 1.00. The Labute approximate surface area is 82.0 Å². The lowest BCUT2D eigenvalue weighted by atomic mass is 10.1. The highest BCUT2D eigenvalue weighted by atomic mass is 14.0. The van der Waals surface area contributed by atoms with E-state index in [4.69, 9.17) is 0 Å². The molecule has 0 saturated heterocycles. The lowest BCUT2D eigenvalue weighted by molar-refractivity contribution is 0.702. The van der Waals surface area contributed by atoms with Crippen molar-refractivity contribution in [1.29, 1.82) is 0 Å². The Hall–Kier alpha value is -0.780. The van der Waals surface area contributed by atoms with E-state index in [1.165, 1.54) is 24.8 Å². The van der Waals surface area contributed by atoms with Crippen molar-refractivity contribution < 1.29 is 0 Å². The zero-order valence-corrected chi connectivity index (χ0v) is 8.42. The van der Waals surface area contributed by atoms with E-state index in [1.54, 1.807) is 0 Å². The zero-order chi connectivity index (χ0) is 9.36. The monoisotopic (exact) mass is 174 g/mol. The molecule has 0 N–H and O–H groups in total. The minimum atomic E-state index is 1.00. The molecule has 0 amide bonds. The Morgan fingerprint density at radius 3 is 2.54 bits per heavy atom. The summed E-state index contributed by atoms with van der Waals surface area (Å²) in [5.74, 6) is 0. The van der Waals surface area contributed by atoms with Crippen molar-refractivity contribution in [2.24, 2.45) is 0 Å². The van der Waals surface area contributed by atoms with Gasteiger partial charge in [0.2, 0.25) is 0 Å². The van der Waals surface area contributed by atoms with Crippen molar-refractivity contribution in [1.82, 2.24) is 0 Å². The maximum absolute atomic E-state index is 3.44. The van der Waals surface area contributed by atoms with Gasteiger partial charge in [-0.05, 0) is 24.8 Å². The van der Waals surface area contributed by atoms with E-state index in [-0.39, 0.29) is 0 Å². The van der Waals surface area contributed by atoms with Gasteiger partial charge in [0.1, 0.15) is 0 Å². The van der Waals surface area contributed by atoms with Gasteiger partial charge in [-0.1, -0.05) is 56.5 Å². The van der Waals surface area contributed by atoms with Crippen molar-refractivity contribution in [3.8, 4) is 0 Å². The van der Waals surface area contributed by atoms with Crippen molar-refractivity contribution >= 4 is 0 Å². The lowest BCUT2D eigenvalue weighted by Gasteiger charge is -1.99. The lowest BCUT2D eigenvalue weighted by Crippen LogP contribution is -1.85. The van der Waals surface area contributed by atoms with Gasteiger partial charge < -0.3 is 0 Å². The average molecular weight is 174 g/mol. The minimum Gasteiger partial charge on any atom is -0.0654 e. The third-order valence-corrected chi connectivity index (χ3v) is 2.13. The van der Waals surface area contributed by atoms with Crippen molar-refractivity contribution in [3.63, 3.8) is 0 Å². The summed E-state index contributed by atoms with van der Waals surface area (Å²) in [6.45, 7) is 2.23. The molecule has 0 atom stereocenters. The van der Waals surface area contributed by atoms with E-state index in [1.807, 2.05) is 0 Å². The summed E-state index contributed by atoms with van der Waals surface area (Å²) < 4.78 is 0. The molecule has 13 heavy (non-hydrogen) atoms. The van der Waals surface area contributed by atoms with Gasteiger partial charge in [0, 0.05) is 0 Å². The number of unbranched alkanes of at least 4 members (excludes halogenated alkanes) is 4. The molecule has 0 bridgehead atoms. The van der Waals surface area contributed by atoms with E-state index < -0.39 is 0 Å². The van der Waals surface area contributed by atoms with Crippen LogP contribution in [0, 0.1) is 6.42 Å². The summed E-state index contributed by atoms with van der Waals surface area (Å²) in [4.78, 5) is 0. The maximum Gasteiger partial charge on any atom is -0.0126 e. The standard InChI is InChI=1S/C13H18/c1-2-3-4-5-7-10-13-11-8-6-9-12-13/h6,8-9,11-12H,2-5,10H2,1H3. The first kappa shape index (κ1) is 10.3. The second-order valence-corrected chi connectivity index (χ2v) is 3.37. The molecule has 0 unspecified atom stereocenters. The van der Waals surface area contributed by atoms with Crippen LogP contribution in [-0.4, -0.2) is 0 Å². The summed E-state index contributed by atoms with van der Waals surface area (Å²) in [6.07, 6.45) is 9.51. The maximum atomic E-state index is 3.44. The highest BCUT2D eigenvalue weighted by molar-refractivity contribution is 5.16. The Morgan fingerprint density at radius 1 is 1.08 bits per heavy atom. The van der Waals surface area contributed by atoms with Crippen LogP contribution in [0.1, 0.15) is 38.2 Å². The van der Waals surface area contributed by atoms with Crippen LogP contribution in [0.4, 0.5) is 0 Å².